The summed E-state index contributed by atoms with van der Waals surface area (Å²) in [5.74, 6) is 0.221. The van der Waals surface area contributed by atoms with Crippen molar-refractivity contribution in [3.63, 3.8) is 0 Å². The highest BCUT2D eigenvalue weighted by Gasteiger charge is 2.30. The van der Waals surface area contributed by atoms with Gasteiger partial charge in [0.2, 0.25) is 5.91 Å². The van der Waals surface area contributed by atoms with Gasteiger partial charge in [0.15, 0.2) is 0 Å². The van der Waals surface area contributed by atoms with Crippen molar-refractivity contribution in [2.24, 2.45) is 0 Å². The first-order valence-corrected chi connectivity index (χ1v) is 10.4. The maximum atomic E-state index is 13.1. The number of hydrogen-bond acceptors (Lipinski definition) is 4. The summed E-state index contributed by atoms with van der Waals surface area (Å²) in [7, 11) is -4.00. The van der Waals surface area contributed by atoms with Crippen LogP contribution in [0.3, 0.4) is 0 Å². The fourth-order valence-electron chi connectivity index (χ4n) is 2.71. The molecule has 3 aromatic rings. The zero-order valence-electron chi connectivity index (χ0n) is 15.3. The normalized spacial score (nSPS) is 11.0. The Balaban J connectivity index is 1.75. The van der Waals surface area contributed by atoms with Crippen LogP contribution in [0, 0.1) is 0 Å². The fraction of sp³-hybridized carbons (Fsp3) is 0.136. The molecule has 0 fully saturated rings. The molecule has 1 amide bonds. The van der Waals surface area contributed by atoms with E-state index in [2.05, 4.69) is 0 Å². The van der Waals surface area contributed by atoms with E-state index in [0.29, 0.717) is 24.5 Å². The van der Waals surface area contributed by atoms with Gasteiger partial charge in [-0.25, -0.2) is 12.7 Å². The summed E-state index contributed by atoms with van der Waals surface area (Å²) in [6.45, 7) is 0.323. The molecule has 144 valence electrons. The largest absolute Gasteiger partial charge is 0.494 e. The Labute approximate surface area is 165 Å². The number of rotatable bonds is 8. The third-order valence-electron chi connectivity index (χ3n) is 4.05. The highest BCUT2D eigenvalue weighted by atomic mass is 32.2. The molecule has 0 heterocycles. The minimum absolute atomic E-state index is 0.0494. The van der Waals surface area contributed by atoms with Crippen LogP contribution >= 0.6 is 0 Å². The Morgan fingerprint density at radius 2 is 1.32 bits per heavy atom. The summed E-state index contributed by atoms with van der Waals surface area (Å²) in [5, 5.41) is 0. The van der Waals surface area contributed by atoms with Crippen molar-refractivity contribution in [2.45, 2.75) is 17.7 Å². The molecule has 6 heteroatoms. The Bertz CT molecular complexity index is 990. The molecule has 0 aliphatic rings. The maximum absolute atomic E-state index is 13.1. The zero-order valence-corrected chi connectivity index (χ0v) is 16.1. The number of anilines is 1. The van der Waals surface area contributed by atoms with Gasteiger partial charge in [-0.2, -0.15) is 0 Å². The summed E-state index contributed by atoms with van der Waals surface area (Å²) in [6.07, 6.45) is 0.454. The lowest BCUT2D eigenvalue weighted by molar-refractivity contribution is -0.117. The lowest BCUT2D eigenvalue weighted by atomic mass is 10.2. The van der Waals surface area contributed by atoms with E-state index in [1.165, 1.54) is 12.1 Å². The minimum atomic E-state index is -4.00. The Morgan fingerprint density at radius 1 is 0.786 bits per heavy atom. The van der Waals surface area contributed by atoms with Crippen LogP contribution in [0.15, 0.2) is 95.9 Å². The van der Waals surface area contributed by atoms with E-state index in [0.717, 1.165) is 4.31 Å². The number of sulfonamides is 1. The van der Waals surface area contributed by atoms with E-state index < -0.39 is 15.9 Å². The molecule has 0 aromatic heterocycles. The fourth-order valence-corrected chi connectivity index (χ4v) is 4.18. The third-order valence-corrected chi connectivity index (χ3v) is 5.81. The summed E-state index contributed by atoms with van der Waals surface area (Å²) in [5.41, 5.74) is 0.320. The standard InChI is InChI=1S/C22H21NO4S/c24-22(17-10-18-27-20-13-6-2-7-14-20)23(19-11-4-1-5-12-19)28(25,26)21-15-8-3-9-16-21/h1-9,11-16H,10,17-18H2. The van der Waals surface area contributed by atoms with Crippen LogP contribution in [0.2, 0.25) is 0 Å². The number of para-hydroxylation sites is 2. The van der Waals surface area contributed by atoms with E-state index in [-0.39, 0.29) is 11.3 Å². The first-order valence-electron chi connectivity index (χ1n) is 8.95. The lowest BCUT2D eigenvalue weighted by Gasteiger charge is -2.22. The molecule has 0 bridgehead atoms. The summed E-state index contributed by atoms with van der Waals surface area (Å²) in [6, 6.07) is 25.6. The number of carbonyl (C=O) groups is 1. The molecular formula is C22H21NO4S. The molecule has 0 saturated heterocycles. The monoisotopic (exact) mass is 395 g/mol. The molecule has 3 aromatic carbocycles. The lowest BCUT2D eigenvalue weighted by Crippen LogP contribution is -2.37. The molecule has 0 radical (unpaired) electrons. The smallest absolute Gasteiger partial charge is 0.270 e. The van der Waals surface area contributed by atoms with Gasteiger partial charge in [0.1, 0.15) is 5.75 Å². The summed E-state index contributed by atoms with van der Waals surface area (Å²) in [4.78, 5) is 12.9. The molecule has 28 heavy (non-hydrogen) atoms. The van der Waals surface area contributed by atoms with E-state index in [1.54, 1.807) is 48.5 Å². The highest BCUT2D eigenvalue weighted by Crippen LogP contribution is 2.24. The van der Waals surface area contributed by atoms with Gasteiger partial charge in [0.05, 0.1) is 17.2 Å². The number of carbonyl (C=O) groups excluding carboxylic acids is 1. The van der Waals surface area contributed by atoms with Crippen LogP contribution in [0.5, 0.6) is 5.75 Å². The first-order chi connectivity index (χ1) is 13.6. The van der Waals surface area contributed by atoms with Crippen molar-refractivity contribution in [1.82, 2.24) is 0 Å². The van der Waals surface area contributed by atoms with Crippen molar-refractivity contribution in [3.05, 3.63) is 91.0 Å². The van der Waals surface area contributed by atoms with E-state index in [9.17, 15) is 13.2 Å². The van der Waals surface area contributed by atoms with Gasteiger partial charge in [0, 0.05) is 6.42 Å². The molecular weight excluding hydrogens is 374 g/mol. The quantitative estimate of drug-likeness (QED) is 0.535. The number of benzene rings is 3. The van der Waals surface area contributed by atoms with Crippen LogP contribution in [-0.2, 0) is 14.8 Å². The van der Waals surface area contributed by atoms with Crippen LogP contribution in [0.1, 0.15) is 12.8 Å². The van der Waals surface area contributed by atoms with Crippen molar-refractivity contribution in [3.8, 4) is 5.75 Å². The molecule has 0 unspecified atom stereocenters. The topological polar surface area (TPSA) is 63.7 Å². The molecule has 5 nitrogen and oxygen atoms in total. The maximum Gasteiger partial charge on any atom is 0.270 e. The van der Waals surface area contributed by atoms with Gasteiger partial charge in [-0.3, -0.25) is 4.79 Å². The van der Waals surface area contributed by atoms with Gasteiger partial charge in [-0.1, -0.05) is 54.6 Å². The molecule has 3 rings (SSSR count). The van der Waals surface area contributed by atoms with Crippen LogP contribution < -0.4 is 9.04 Å². The highest BCUT2D eigenvalue weighted by molar-refractivity contribution is 7.93. The van der Waals surface area contributed by atoms with E-state index >= 15 is 0 Å². The SMILES string of the molecule is O=C(CCCOc1ccccc1)N(c1ccccc1)S(=O)(=O)c1ccccc1. The number of nitrogens with zero attached hydrogens (tertiary/aromatic N) is 1. The third kappa shape index (κ3) is 4.78. The Hall–Kier alpha value is -3.12. The average molecular weight is 395 g/mol. The van der Waals surface area contributed by atoms with Gasteiger partial charge in [-0.15, -0.1) is 0 Å². The number of hydrogen-bond donors (Lipinski definition) is 0. The van der Waals surface area contributed by atoms with Crippen LogP contribution in [0.4, 0.5) is 5.69 Å². The summed E-state index contributed by atoms with van der Waals surface area (Å²) >= 11 is 0. The molecule has 0 aliphatic carbocycles. The molecule has 0 atom stereocenters. The van der Waals surface area contributed by atoms with Gasteiger partial charge in [-0.05, 0) is 42.8 Å². The molecule has 0 N–H and O–H groups in total. The van der Waals surface area contributed by atoms with E-state index in [1.807, 2.05) is 30.3 Å². The van der Waals surface area contributed by atoms with Crippen molar-refractivity contribution >= 4 is 21.6 Å². The molecule has 0 spiro atoms. The van der Waals surface area contributed by atoms with Gasteiger partial charge in [0.25, 0.3) is 10.0 Å². The van der Waals surface area contributed by atoms with Gasteiger partial charge >= 0.3 is 0 Å². The Morgan fingerprint density at radius 3 is 1.93 bits per heavy atom. The van der Waals surface area contributed by atoms with Crippen LogP contribution in [0.25, 0.3) is 0 Å². The predicted octanol–water partition coefficient (Wildman–Crippen LogP) is 4.27. The predicted molar refractivity (Wildman–Crippen MR) is 109 cm³/mol. The second-order valence-electron chi connectivity index (χ2n) is 6.08. The second kappa shape index (κ2) is 9.19. The van der Waals surface area contributed by atoms with Crippen molar-refractivity contribution < 1.29 is 17.9 Å². The molecule has 0 saturated carbocycles. The first kappa shape index (κ1) is 19.6. The zero-order chi connectivity index (χ0) is 19.8. The second-order valence-corrected chi connectivity index (χ2v) is 7.86. The minimum Gasteiger partial charge on any atom is -0.494 e. The Kier molecular flexibility index (Phi) is 6.45. The molecule has 0 aliphatic heterocycles. The van der Waals surface area contributed by atoms with Gasteiger partial charge < -0.3 is 4.74 Å². The van der Waals surface area contributed by atoms with Crippen LogP contribution in [-0.4, -0.2) is 20.9 Å². The summed E-state index contributed by atoms with van der Waals surface area (Å²) < 4.78 is 32.7. The van der Waals surface area contributed by atoms with E-state index in [4.69, 9.17) is 4.74 Å². The number of amides is 1. The van der Waals surface area contributed by atoms with Crippen molar-refractivity contribution in [2.75, 3.05) is 10.9 Å². The number of ether oxygens (including phenoxy) is 1. The average Bonchev–Trinajstić information content (AvgIpc) is 2.73. The van der Waals surface area contributed by atoms with Crippen molar-refractivity contribution in [1.29, 1.82) is 0 Å².